The predicted octanol–water partition coefficient (Wildman–Crippen LogP) is 2.32. The average molecular weight is 452 g/mol. The molecular weight excluding hydrogens is 420 g/mol. The number of unbranched alkanes of at least 4 members (excludes halogenated alkanes) is 1. The molecule has 0 unspecified atom stereocenters. The summed E-state index contributed by atoms with van der Waals surface area (Å²) < 4.78 is 28.4. The Morgan fingerprint density at radius 3 is 2.53 bits per heavy atom. The third-order valence-corrected chi connectivity index (χ3v) is 4.93. The van der Waals surface area contributed by atoms with E-state index < -0.39 is 28.8 Å². The summed E-state index contributed by atoms with van der Waals surface area (Å²) in [4.78, 5) is 43.1. The second-order valence-corrected chi connectivity index (χ2v) is 8.30. The van der Waals surface area contributed by atoms with E-state index in [1.54, 1.807) is 11.9 Å². The van der Waals surface area contributed by atoms with Crippen molar-refractivity contribution in [1.82, 2.24) is 14.5 Å². The Morgan fingerprint density at radius 1 is 1.25 bits per heavy atom. The molecule has 1 heterocycles. The first-order valence-electron chi connectivity index (χ1n) is 10.6. The van der Waals surface area contributed by atoms with E-state index in [0.717, 1.165) is 18.6 Å². The monoisotopic (exact) mass is 451 g/mol. The summed E-state index contributed by atoms with van der Waals surface area (Å²) in [6, 6.07) is 3.27. The molecular formula is C22H31F2N5O3. The number of likely N-dealkylation sites (N-methyl/N-ethyl adjacent to an activating group) is 1. The van der Waals surface area contributed by atoms with Crippen LogP contribution in [-0.2, 0) is 17.9 Å². The van der Waals surface area contributed by atoms with E-state index in [2.05, 4.69) is 4.98 Å². The van der Waals surface area contributed by atoms with Crippen LogP contribution in [0.3, 0.4) is 0 Å². The van der Waals surface area contributed by atoms with Crippen molar-refractivity contribution in [3.05, 3.63) is 56.2 Å². The average Bonchev–Trinajstić information content (AvgIpc) is 2.69. The molecule has 1 aromatic heterocycles. The number of nitrogens with zero attached hydrogens (tertiary/aromatic N) is 3. The van der Waals surface area contributed by atoms with Crippen LogP contribution < -0.4 is 21.9 Å². The van der Waals surface area contributed by atoms with Gasteiger partial charge in [0.2, 0.25) is 5.91 Å². The first kappa shape index (κ1) is 25.3. The zero-order chi connectivity index (χ0) is 24.0. The van der Waals surface area contributed by atoms with Crippen LogP contribution in [0, 0.1) is 17.6 Å². The van der Waals surface area contributed by atoms with Crippen molar-refractivity contribution < 1.29 is 13.6 Å². The number of anilines is 2. The molecule has 1 amide bonds. The number of aromatic nitrogens is 2. The molecule has 0 aliphatic rings. The van der Waals surface area contributed by atoms with Gasteiger partial charge < -0.3 is 10.6 Å². The van der Waals surface area contributed by atoms with E-state index in [1.807, 2.05) is 20.8 Å². The van der Waals surface area contributed by atoms with E-state index in [0.29, 0.717) is 6.42 Å². The number of aromatic amines is 1. The van der Waals surface area contributed by atoms with Gasteiger partial charge in [0.15, 0.2) is 5.69 Å². The molecule has 2 rings (SSSR count). The molecule has 1 aromatic carbocycles. The van der Waals surface area contributed by atoms with Gasteiger partial charge in [-0.3, -0.25) is 24.0 Å². The van der Waals surface area contributed by atoms with E-state index in [9.17, 15) is 23.2 Å². The van der Waals surface area contributed by atoms with E-state index >= 15 is 0 Å². The lowest BCUT2D eigenvalue weighted by atomic mass is 10.2. The maximum atomic E-state index is 14.0. The van der Waals surface area contributed by atoms with E-state index in [4.69, 9.17) is 5.73 Å². The van der Waals surface area contributed by atoms with Crippen LogP contribution >= 0.6 is 0 Å². The Hall–Kier alpha value is -3.01. The van der Waals surface area contributed by atoms with Crippen molar-refractivity contribution in [1.29, 1.82) is 0 Å². The van der Waals surface area contributed by atoms with Crippen molar-refractivity contribution in [3.8, 4) is 0 Å². The highest BCUT2D eigenvalue weighted by atomic mass is 19.1. The van der Waals surface area contributed by atoms with Gasteiger partial charge in [0, 0.05) is 31.3 Å². The molecule has 3 N–H and O–H groups in total. The quantitative estimate of drug-likeness (QED) is 0.577. The van der Waals surface area contributed by atoms with Gasteiger partial charge in [-0.25, -0.2) is 13.6 Å². The Bertz CT molecular complexity index is 1060. The number of H-pyrrole nitrogens is 1. The zero-order valence-corrected chi connectivity index (χ0v) is 19.0. The van der Waals surface area contributed by atoms with Gasteiger partial charge in [-0.05, 0) is 25.5 Å². The smallest absolute Gasteiger partial charge is 0.330 e. The van der Waals surface area contributed by atoms with Gasteiger partial charge in [0.1, 0.15) is 17.5 Å². The molecule has 0 saturated carbocycles. The Kier molecular flexibility index (Phi) is 8.71. The molecule has 32 heavy (non-hydrogen) atoms. The predicted molar refractivity (Wildman–Crippen MR) is 121 cm³/mol. The number of nitrogen functional groups attached to an aromatic ring is 1. The third-order valence-electron chi connectivity index (χ3n) is 4.93. The maximum absolute atomic E-state index is 14.0. The first-order valence-corrected chi connectivity index (χ1v) is 10.6. The highest BCUT2D eigenvalue weighted by molar-refractivity contribution is 5.96. The first-order chi connectivity index (χ1) is 15.0. The summed E-state index contributed by atoms with van der Waals surface area (Å²) in [6.07, 6.45) is 1.38. The van der Waals surface area contributed by atoms with Crippen molar-refractivity contribution in [2.24, 2.45) is 5.92 Å². The van der Waals surface area contributed by atoms with Gasteiger partial charge in [0.05, 0.1) is 6.54 Å². The molecule has 0 atom stereocenters. The Morgan fingerprint density at radius 2 is 1.94 bits per heavy atom. The van der Waals surface area contributed by atoms with Crippen molar-refractivity contribution in [2.75, 3.05) is 30.8 Å². The van der Waals surface area contributed by atoms with Crippen LogP contribution in [-0.4, -0.2) is 40.5 Å². The van der Waals surface area contributed by atoms with Crippen molar-refractivity contribution >= 4 is 17.4 Å². The maximum Gasteiger partial charge on any atom is 0.330 e. The Labute approximate surface area is 185 Å². The summed E-state index contributed by atoms with van der Waals surface area (Å²) >= 11 is 0. The van der Waals surface area contributed by atoms with Gasteiger partial charge in [0.25, 0.3) is 5.56 Å². The van der Waals surface area contributed by atoms with Crippen molar-refractivity contribution in [3.63, 3.8) is 0 Å². The number of nitrogens with one attached hydrogen (secondary N) is 1. The second-order valence-electron chi connectivity index (χ2n) is 8.30. The largest absolute Gasteiger partial charge is 0.383 e. The van der Waals surface area contributed by atoms with Crippen LogP contribution in [0.5, 0.6) is 0 Å². The summed E-state index contributed by atoms with van der Waals surface area (Å²) in [7, 11) is 1.62. The highest BCUT2D eigenvalue weighted by Crippen LogP contribution is 2.19. The zero-order valence-electron chi connectivity index (χ0n) is 19.0. The number of hydrogen-bond donors (Lipinski definition) is 2. The van der Waals surface area contributed by atoms with Gasteiger partial charge in [-0.15, -0.1) is 0 Å². The van der Waals surface area contributed by atoms with E-state index in [-0.39, 0.29) is 49.2 Å². The van der Waals surface area contributed by atoms with Crippen LogP contribution in [0.25, 0.3) is 0 Å². The summed E-state index contributed by atoms with van der Waals surface area (Å²) in [5.41, 5.74) is 5.00. The molecule has 0 aliphatic heterocycles. The minimum Gasteiger partial charge on any atom is -0.383 e. The lowest BCUT2D eigenvalue weighted by molar-refractivity contribution is -0.119. The molecule has 0 spiro atoms. The fraction of sp³-hybridized carbons (Fsp3) is 0.500. The number of hydrogen-bond acceptors (Lipinski definition) is 5. The fourth-order valence-electron chi connectivity index (χ4n) is 3.37. The Balaban J connectivity index is 2.34. The van der Waals surface area contributed by atoms with Crippen LogP contribution in [0.2, 0.25) is 0 Å². The molecule has 0 saturated heterocycles. The molecule has 0 bridgehead atoms. The number of rotatable bonds is 10. The highest BCUT2D eigenvalue weighted by Gasteiger charge is 2.25. The number of amides is 1. The van der Waals surface area contributed by atoms with Crippen molar-refractivity contribution in [2.45, 2.75) is 46.7 Å². The van der Waals surface area contributed by atoms with Gasteiger partial charge in [-0.1, -0.05) is 33.3 Å². The molecule has 0 radical (unpaired) electrons. The number of carbonyl (C=O) groups excluding carboxylic acids is 1. The molecule has 8 nitrogen and oxygen atoms in total. The number of benzene rings is 1. The third kappa shape index (κ3) is 6.25. The minimum atomic E-state index is -0.732. The van der Waals surface area contributed by atoms with Crippen LogP contribution in [0.4, 0.5) is 20.3 Å². The molecule has 0 aliphatic carbocycles. The number of halogens is 2. The topological polar surface area (TPSA) is 104 Å². The van der Waals surface area contributed by atoms with Crippen LogP contribution in [0.15, 0.2) is 27.8 Å². The van der Waals surface area contributed by atoms with Crippen LogP contribution in [0.1, 0.15) is 39.2 Å². The van der Waals surface area contributed by atoms with Gasteiger partial charge in [-0.2, -0.15) is 0 Å². The second kappa shape index (κ2) is 11.0. The molecule has 176 valence electrons. The number of carbonyl (C=O) groups is 1. The summed E-state index contributed by atoms with van der Waals surface area (Å²) in [5.74, 6) is -1.78. The SMILES string of the molecule is CCCCN(C(=O)CN(C)Cc1ccc(F)cc1F)c1c(N)n(CC(C)C)c(=O)[nH]c1=O. The molecule has 0 fully saturated rings. The van der Waals surface area contributed by atoms with E-state index in [1.165, 1.54) is 15.5 Å². The molecule has 2 aromatic rings. The number of nitrogens with two attached hydrogens (primary N) is 1. The normalized spacial score (nSPS) is 11.4. The standard InChI is InChI=1S/C22H31F2N5O3/c1-5-6-9-28(19-20(25)29(11-14(2)3)22(32)26-21(19)31)18(30)13-27(4)12-15-7-8-16(23)10-17(15)24/h7-8,10,14H,5-6,9,11-13,25H2,1-4H3,(H,26,31,32). The lowest BCUT2D eigenvalue weighted by Crippen LogP contribution is -2.45. The van der Waals surface area contributed by atoms with Gasteiger partial charge >= 0.3 is 5.69 Å². The summed E-state index contributed by atoms with van der Waals surface area (Å²) in [6.45, 7) is 6.20. The lowest BCUT2D eigenvalue weighted by Gasteiger charge is -2.27. The fourth-order valence-corrected chi connectivity index (χ4v) is 3.37. The minimum absolute atomic E-state index is 0.0648. The molecule has 10 heteroatoms. The summed E-state index contributed by atoms with van der Waals surface area (Å²) in [5, 5.41) is 0.